The summed E-state index contributed by atoms with van der Waals surface area (Å²) in [6.07, 6.45) is 6.01. The monoisotopic (exact) mass is 352 g/mol. The van der Waals surface area contributed by atoms with E-state index in [1.54, 1.807) is 24.7 Å². The molecule has 1 aliphatic carbocycles. The van der Waals surface area contributed by atoms with Crippen LogP contribution in [0.5, 0.6) is 0 Å². The molecular formula is C19H20N4OS. The molecule has 2 heterocycles. The molecule has 1 aromatic carbocycles. The van der Waals surface area contributed by atoms with Gasteiger partial charge in [0.1, 0.15) is 17.0 Å². The number of aryl methyl sites for hydroxylation is 2. The highest BCUT2D eigenvalue weighted by molar-refractivity contribution is 7.19. The van der Waals surface area contributed by atoms with Gasteiger partial charge >= 0.3 is 0 Å². The summed E-state index contributed by atoms with van der Waals surface area (Å²) in [5, 5.41) is 7.34. The van der Waals surface area contributed by atoms with E-state index in [9.17, 15) is 4.79 Å². The number of carbonyl (C=O) groups is 1. The number of hydrogen-bond donors (Lipinski definition) is 2. The lowest BCUT2D eigenvalue weighted by Gasteiger charge is -2.08. The first-order valence-corrected chi connectivity index (χ1v) is 9.38. The zero-order valence-corrected chi connectivity index (χ0v) is 14.9. The second-order valence-electron chi connectivity index (χ2n) is 6.22. The van der Waals surface area contributed by atoms with Crippen molar-refractivity contribution in [1.29, 1.82) is 0 Å². The number of rotatable bonds is 5. The van der Waals surface area contributed by atoms with Gasteiger partial charge in [-0.05, 0) is 48.9 Å². The molecule has 0 spiro atoms. The molecule has 5 nitrogen and oxygen atoms in total. The third kappa shape index (κ3) is 3.09. The number of carbonyl (C=O) groups excluding carboxylic acids is 1. The molecule has 1 amide bonds. The van der Waals surface area contributed by atoms with Crippen molar-refractivity contribution in [2.75, 3.05) is 18.9 Å². The first-order chi connectivity index (χ1) is 12.3. The van der Waals surface area contributed by atoms with E-state index in [2.05, 4.69) is 20.6 Å². The molecular weight excluding hydrogens is 332 g/mol. The number of benzene rings is 1. The summed E-state index contributed by atoms with van der Waals surface area (Å²) >= 11 is 1.80. The summed E-state index contributed by atoms with van der Waals surface area (Å²) in [5.41, 5.74) is 3.26. The molecule has 25 heavy (non-hydrogen) atoms. The molecule has 128 valence electrons. The topological polar surface area (TPSA) is 66.9 Å². The Bertz CT molecular complexity index is 934. The van der Waals surface area contributed by atoms with Crippen LogP contribution in [0.1, 0.15) is 32.8 Å². The van der Waals surface area contributed by atoms with Crippen molar-refractivity contribution >= 4 is 33.3 Å². The molecule has 0 atom stereocenters. The second-order valence-corrected chi connectivity index (χ2v) is 7.30. The van der Waals surface area contributed by atoms with Gasteiger partial charge in [0.2, 0.25) is 0 Å². The van der Waals surface area contributed by atoms with E-state index in [4.69, 9.17) is 0 Å². The quantitative estimate of drug-likeness (QED) is 0.740. The van der Waals surface area contributed by atoms with Crippen LogP contribution < -0.4 is 10.6 Å². The number of hydrogen-bond acceptors (Lipinski definition) is 5. The molecule has 6 heteroatoms. The summed E-state index contributed by atoms with van der Waals surface area (Å²) in [4.78, 5) is 23.2. The Morgan fingerprint density at radius 1 is 1.28 bits per heavy atom. The van der Waals surface area contributed by atoms with Crippen LogP contribution in [0, 0.1) is 0 Å². The lowest BCUT2D eigenvalue weighted by molar-refractivity contribution is 0.0963. The molecule has 2 aromatic heterocycles. The van der Waals surface area contributed by atoms with Crippen molar-refractivity contribution in [2.24, 2.45) is 0 Å². The molecule has 0 bridgehead atoms. The Labute approximate surface area is 150 Å². The predicted octanol–water partition coefficient (Wildman–Crippen LogP) is 3.19. The van der Waals surface area contributed by atoms with E-state index in [1.807, 2.05) is 24.3 Å². The van der Waals surface area contributed by atoms with E-state index in [-0.39, 0.29) is 5.91 Å². The van der Waals surface area contributed by atoms with Gasteiger partial charge in [-0.3, -0.25) is 4.79 Å². The fourth-order valence-electron chi connectivity index (χ4n) is 3.40. The zero-order chi connectivity index (χ0) is 17.2. The second kappa shape index (κ2) is 6.80. The van der Waals surface area contributed by atoms with Gasteiger partial charge in [0, 0.05) is 24.0 Å². The Balaban J connectivity index is 1.49. The lowest BCUT2D eigenvalue weighted by Crippen LogP contribution is -2.18. The first kappa shape index (κ1) is 16.0. The maximum absolute atomic E-state index is 11.7. The Morgan fingerprint density at radius 3 is 3.08 bits per heavy atom. The van der Waals surface area contributed by atoms with Crippen LogP contribution in [0.2, 0.25) is 0 Å². The first-order valence-electron chi connectivity index (χ1n) is 8.56. The summed E-state index contributed by atoms with van der Waals surface area (Å²) in [7, 11) is 1.65. The van der Waals surface area contributed by atoms with Gasteiger partial charge < -0.3 is 10.6 Å². The molecule has 0 radical (unpaired) electrons. The normalized spacial score (nSPS) is 13.0. The smallest absolute Gasteiger partial charge is 0.251 e. The summed E-state index contributed by atoms with van der Waals surface area (Å²) in [5.74, 6) is 0.882. The minimum atomic E-state index is -0.0545. The van der Waals surface area contributed by atoms with E-state index in [0.717, 1.165) is 35.6 Å². The fourth-order valence-corrected chi connectivity index (χ4v) is 4.63. The summed E-state index contributed by atoms with van der Waals surface area (Å²) in [6, 6.07) is 7.75. The number of anilines is 1. The van der Waals surface area contributed by atoms with Gasteiger partial charge in [0.25, 0.3) is 5.91 Å². The van der Waals surface area contributed by atoms with Gasteiger partial charge in [-0.1, -0.05) is 12.1 Å². The van der Waals surface area contributed by atoms with Crippen LogP contribution in [0.4, 0.5) is 5.82 Å². The molecule has 0 saturated heterocycles. The minimum Gasteiger partial charge on any atom is -0.369 e. The van der Waals surface area contributed by atoms with Crippen LogP contribution in [0.3, 0.4) is 0 Å². The third-order valence-electron chi connectivity index (χ3n) is 4.62. The maximum atomic E-state index is 11.7. The van der Waals surface area contributed by atoms with Crippen molar-refractivity contribution < 1.29 is 4.79 Å². The minimum absolute atomic E-state index is 0.0545. The van der Waals surface area contributed by atoms with Crippen molar-refractivity contribution in [3.8, 4) is 0 Å². The molecule has 0 unspecified atom stereocenters. The number of nitrogens with zero attached hydrogens (tertiary/aromatic N) is 2. The van der Waals surface area contributed by atoms with Crippen molar-refractivity contribution in [1.82, 2.24) is 15.3 Å². The standard InChI is InChI=1S/C19H20N4OS/c1-20-18(24)13-5-2-4-12(10-13)8-9-21-17-16-14-6-3-7-15(14)25-19(16)23-11-22-17/h2,4-5,10-11H,3,6-9H2,1H3,(H,20,24)(H,21,22,23). The summed E-state index contributed by atoms with van der Waals surface area (Å²) < 4.78 is 0. The molecule has 0 aliphatic heterocycles. The number of aromatic nitrogens is 2. The Kier molecular flexibility index (Phi) is 4.36. The SMILES string of the molecule is CNC(=O)c1cccc(CCNc2ncnc3sc4c(c23)CCC4)c1. The van der Waals surface area contributed by atoms with E-state index in [1.165, 1.54) is 28.7 Å². The molecule has 4 rings (SSSR count). The number of amides is 1. The number of nitrogens with one attached hydrogen (secondary N) is 2. The summed E-state index contributed by atoms with van der Waals surface area (Å²) in [6.45, 7) is 0.772. The van der Waals surface area contributed by atoms with Crippen LogP contribution >= 0.6 is 11.3 Å². The third-order valence-corrected chi connectivity index (χ3v) is 5.82. The highest BCUT2D eigenvalue weighted by Gasteiger charge is 2.20. The predicted molar refractivity (Wildman–Crippen MR) is 101 cm³/mol. The van der Waals surface area contributed by atoms with E-state index in [0.29, 0.717) is 5.56 Å². The van der Waals surface area contributed by atoms with Crippen LogP contribution in [0.15, 0.2) is 30.6 Å². The molecule has 2 N–H and O–H groups in total. The molecule has 3 aromatic rings. The Morgan fingerprint density at radius 2 is 2.20 bits per heavy atom. The zero-order valence-electron chi connectivity index (χ0n) is 14.1. The van der Waals surface area contributed by atoms with Crippen molar-refractivity contribution in [2.45, 2.75) is 25.7 Å². The lowest BCUT2D eigenvalue weighted by atomic mass is 10.1. The fraction of sp³-hybridized carbons (Fsp3) is 0.316. The van der Waals surface area contributed by atoms with Crippen LogP contribution in [-0.2, 0) is 19.3 Å². The molecule has 1 aliphatic rings. The highest BCUT2D eigenvalue weighted by atomic mass is 32.1. The van der Waals surface area contributed by atoms with Crippen molar-refractivity contribution in [3.05, 3.63) is 52.2 Å². The van der Waals surface area contributed by atoms with Gasteiger partial charge in [0.05, 0.1) is 5.39 Å². The number of thiophene rings is 1. The highest BCUT2D eigenvalue weighted by Crippen LogP contribution is 2.38. The van der Waals surface area contributed by atoms with Crippen LogP contribution in [-0.4, -0.2) is 29.5 Å². The van der Waals surface area contributed by atoms with Gasteiger partial charge in [-0.25, -0.2) is 9.97 Å². The van der Waals surface area contributed by atoms with Gasteiger partial charge in [0.15, 0.2) is 0 Å². The molecule has 0 fully saturated rings. The maximum Gasteiger partial charge on any atom is 0.251 e. The average Bonchev–Trinajstić information content (AvgIpc) is 3.22. The van der Waals surface area contributed by atoms with Crippen molar-refractivity contribution in [3.63, 3.8) is 0 Å². The van der Waals surface area contributed by atoms with E-state index >= 15 is 0 Å². The van der Waals surface area contributed by atoms with Crippen LogP contribution in [0.25, 0.3) is 10.2 Å². The average molecular weight is 352 g/mol. The van der Waals surface area contributed by atoms with Gasteiger partial charge in [-0.2, -0.15) is 0 Å². The Hall–Kier alpha value is -2.47. The van der Waals surface area contributed by atoms with E-state index < -0.39 is 0 Å². The van der Waals surface area contributed by atoms with Gasteiger partial charge in [-0.15, -0.1) is 11.3 Å². The largest absolute Gasteiger partial charge is 0.369 e. The number of fused-ring (bicyclic) bond motifs is 3. The molecule has 0 saturated carbocycles.